The monoisotopic (exact) mass is 683 g/mol. The van der Waals surface area contributed by atoms with Crippen molar-refractivity contribution in [2.75, 3.05) is 10.8 Å². The minimum Gasteiger partial charge on any atom is -0.352 e. The zero-order chi connectivity index (χ0) is 31.3. The molecule has 0 bridgehead atoms. The first-order chi connectivity index (χ1) is 20.4. The third-order valence-electron chi connectivity index (χ3n) is 7.55. The number of nitrogens with zero attached hydrogens (tertiary/aromatic N) is 2. The summed E-state index contributed by atoms with van der Waals surface area (Å²) in [5.74, 6) is -0.938. The molecule has 7 nitrogen and oxygen atoms in total. The molecule has 2 amide bonds. The summed E-state index contributed by atoms with van der Waals surface area (Å²) in [7, 11) is -4.24. The van der Waals surface area contributed by atoms with E-state index in [9.17, 15) is 18.0 Å². The van der Waals surface area contributed by atoms with Crippen molar-refractivity contribution in [1.29, 1.82) is 0 Å². The third kappa shape index (κ3) is 8.37. The molecular weight excluding hydrogens is 652 g/mol. The number of hydrogen-bond donors (Lipinski definition) is 1. The zero-order valence-corrected chi connectivity index (χ0v) is 27.7. The van der Waals surface area contributed by atoms with Gasteiger partial charge in [0.15, 0.2) is 0 Å². The van der Waals surface area contributed by atoms with E-state index in [-0.39, 0.29) is 39.1 Å². The minimum absolute atomic E-state index is 0.00708. The summed E-state index contributed by atoms with van der Waals surface area (Å²) < 4.78 is 28.9. The molecule has 1 unspecified atom stereocenters. The highest BCUT2D eigenvalue weighted by Gasteiger charge is 2.33. The molecule has 230 valence electrons. The second-order valence-corrected chi connectivity index (χ2v) is 14.2. The molecule has 0 spiro atoms. The Morgan fingerprint density at radius 2 is 1.56 bits per heavy atom. The average molecular weight is 686 g/mol. The highest BCUT2D eigenvalue weighted by molar-refractivity contribution is 7.92. The van der Waals surface area contributed by atoms with E-state index in [0.717, 1.165) is 42.0 Å². The van der Waals surface area contributed by atoms with Gasteiger partial charge in [0.25, 0.3) is 10.0 Å². The number of carbonyl (C=O) groups is 2. The number of rotatable bonds is 10. The normalized spacial score (nSPS) is 14.7. The predicted molar refractivity (Wildman–Crippen MR) is 174 cm³/mol. The first kappa shape index (κ1) is 33.4. The van der Waals surface area contributed by atoms with Crippen LogP contribution >= 0.6 is 46.4 Å². The predicted octanol–water partition coefficient (Wildman–Crippen LogP) is 7.67. The Morgan fingerprint density at radius 1 is 0.884 bits per heavy atom. The molecule has 1 aliphatic rings. The molecule has 4 rings (SSSR count). The van der Waals surface area contributed by atoms with Gasteiger partial charge in [-0.3, -0.25) is 13.9 Å². The van der Waals surface area contributed by atoms with Crippen molar-refractivity contribution in [3.05, 3.63) is 91.9 Å². The van der Waals surface area contributed by atoms with Crippen molar-refractivity contribution in [3.8, 4) is 0 Å². The summed E-state index contributed by atoms with van der Waals surface area (Å²) in [6.45, 7) is 2.81. The molecule has 1 N–H and O–H groups in total. The largest absolute Gasteiger partial charge is 0.352 e. The number of halogens is 4. The van der Waals surface area contributed by atoms with E-state index in [1.165, 1.54) is 35.2 Å². The quantitative estimate of drug-likeness (QED) is 0.238. The average Bonchev–Trinajstić information content (AvgIpc) is 2.97. The lowest BCUT2D eigenvalue weighted by Gasteiger charge is -2.33. The summed E-state index contributed by atoms with van der Waals surface area (Å²) in [5.41, 5.74) is 1.58. The van der Waals surface area contributed by atoms with Gasteiger partial charge in [0.2, 0.25) is 11.8 Å². The van der Waals surface area contributed by atoms with Crippen molar-refractivity contribution < 1.29 is 18.0 Å². The fourth-order valence-corrected chi connectivity index (χ4v) is 7.16. The highest BCUT2D eigenvalue weighted by atomic mass is 35.5. The standard InChI is InChI=1S/C31H33Cl4N3O4S/c1-20-8-13-26(14-9-20)43(41,42)38(25-12-15-27(33)29(35)17-25)19-30(39)37(18-22-10-11-23(32)16-28(22)34)21(2)31(40)36-24-6-4-3-5-7-24/h8-17,21,24H,3-7,18-19H2,1-2H3,(H,36,40). The van der Waals surface area contributed by atoms with Crippen LogP contribution in [0.25, 0.3) is 0 Å². The molecule has 1 saturated carbocycles. The van der Waals surface area contributed by atoms with E-state index in [1.807, 2.05) is 6.92 Å². The Bertz CT molecular complexity index is 1580. The molecule has 0 heterocycles. The van der Waals surface area contributed by atoms with Crippen LogP contribution in [0.3, 0.4) is 0 Å². The molecule has 0 saturated heterocycles. The van der Waals surface area contributed by atoms with Gasteiger partial charge in [-0.1, -0.05) is 89.4 Å². The van der Waals surface area contributed by atoms with Gasteiger partial charge in [-0.15, -0.1) is 0 Å². The summed E-state index contributed by atoms with van der Waals surface area (Å²) >= 11 is 24.9. The smallest absolute Gasteiger partial charge is 0.264 e. The molecule has 3 aromatic carbocycles. The summed E-state index contributed by atoms with van der Waals surface area (Å²) in [5, 5.41) is 4.17. The van der Waals surface area contributed by atoms with E-state index in [4.69, 9.17) is 46.4 Å². The van der Waals surface area contributed by atoms with Gasteiger partial charge in [-0.2, -0.15) is 0 Å². The number of amides is 2. The molecule has 1 atom stereocenters. The van der Waals surface area contributed by atoms with Crippen LogP contribution in [-0.4, -0.2) is 43.8 Å². The van der Waals surface area contributed by atoms with Crippen LogP contribution in [0.4, 0.5) is 5.69 Å². The number of anilines is 1. The molecule has 0 aliphatic heterocycles. The Balaban J connectivity index is 1.71. The highest BCUT2D eigenvalue weighted by Crippen LogP contribution is 2.31. The summed E-state index contributed by atoms with van der Waals surface area (Å²) in [6.07, 6.45) is 4.92. The van der Waals surface area contributed by atoms with Crippen molar-refractivity contribution in [2.24, 2.45) is 0 Å². The van der Waals surface area contributed by atoms with Crippen LogP contribution in [0.2, 0.25) is 20.1 Å². The first-order valence-electron chi connectivity index (χ1n) is 13.9. The van der Waals surface area contributed by atoms with Crippen LogP contribution in [0, 0.1) is 6.92 Å². The van der Waals surface area contributed by atoms with Crippen molar-refractivity contribution in [2.45, 2.75) is 69.5 Å². The number of sulfonamides is 1. The van der Waals surface area contributed by atoms with E-state index in [0.29, 0.717) is 15.6 Å². The minimum atomic E-state index is -4.24. The SMILES string of the molecule is Cc1ccc(S(=O)(=O)N(CC(=O)N(Cc2ccc(Cl)cc2Cl)C(C)C(=O)NC2CCCCC2)c2ccc(Cl)c(Cl)c2)cc1. The fraction of sp³-hybridized carbons (Fsp3) is 0.355. The maximum atomic E-state index is 14.1. The second-order valence-electron chi connectivity index (χ2n) is 10.7. The molecule has 0 radical (unpaired) electrons. The van der Waals surface area contributed by atoms with E-state index >= 15 is 0 Å². The number of carbonyl (C=O) groups excluding carboxylic acids is 2. The van der Waals surface area contributed by atoms with Gasteiger partial charge in [0.05, 0.1) is 20.6 Å². The second kappa shape index (κ2) is 14.5. The number of hydrogen-bond acceptors (Lipinski definition) is 4. The molecule has 43 heavy (non-hydrogen) atoms. The maximum Gasteiger partial charge on any atom is 0.264 e. The van der Waals surface area contributed by atoms with Gasteiger partial charge < -0.3 is 10.2 Å². The van der Waals surface area contributed by atoms with Gasteiger partial charge in [-0.25, -0.2) is 8.42 Å². The van der Waals surface area contributed by atoms with Gasteiger partial charge >= 0.3 is 0 Å². The Morgan fingerprint density at radius 3 is 2.19 bits per heavy atom. The van der Waals surface area contributed by atoms with E-state index in [1.54, 1.807) is 37.3 Å². The molecule has 1 fully saturated rings. The van der Waals surface area contributed by atoms with Crippen molar-refractivity contribution >= 4 is 73.9 Å². The molecular formula is C31H33Cl4N3O4S. The lowest BCUT2D eigenvalue weighted by atomic mass is 9.95. The molecule has 3 aromatic rings. The van der Waals surface area contributed by atoms with Gasteiger partial charge in [0.1, 0.15) is 12.6 Å². The summed E-state index contributed by atoms with van der Waals surface area (Å²) in [4.78, 5) is 28.9. The Kier molecular flexibility index (Phi) is 11.3. The van der Waals surface area contributed by atoms with Crippen LogP contribution < -0.4 is 9.62 Å². The van der Waals surface area contributed by atoms with Crippen LogP contribution in [0.15, 0.2) is 65.6 Å². The van der Waals surface area contributed by atoms with Crippen LogP contribution in [-0.2, 0) is 26.2 Å². The number of aryl methyl sites for hydroxylation is 1. The van der Waals surface area contributed by atoms with Crippen LogP contribution in [0.5, 0.6) is 0 Å². The molecule has 1 aliphatic carbocycles. The van der Waals surface area contributed by atoms with Crippen LogP contribution in [0.1, 0.15) is 50.2 Å². The number of nitrogens with one attached hydrogen (secondary N) is 1. The number of benzene rings is 3. The third-order valence-corrected chi connectivity index (χ3v) is 10.7. The Hall–Kier alpha value is -2.49. The topological polar surface area (TPSA) is 86.8 Å². The lowest BCUT2D eigenvalue weighted by molar-refractivity contribution is -0.139. The van der Waals surface area contributed by atoms with E-state index < -0.39 is 28.5 Å². The first-order valence-corrected chi connectivity index (χ1v) is 16.9. The lowest BCUT2D eigenvalue weighted by Crippen LogP contribution is -2.53. The fourth-order valence-electron chi connectivity index (χ4n) is 4.99. The van der Waals surface area contributed by atoms with Gasteiger partial charge in [0, 0.05) is 22.6 Å². The molecule has 12 heteroatoms. The van der Waals surface area contributed by atoms with Crippen molar-refractivity contribution in [3.63, 3.8) is 0 Å². The molecule has 0 aromatic heterocycles. The Labute approximate surface area is 273 Å². The van der Waals surface area contributed by atoms with Crippen molar-refractivity contribution in [1.82, 2.24) is 10.2 Å². The van der Waals surface area contributed by atoms with E-state index in [2.05, 4.69) is 5.32 Å². The maximum absolute atomic E-state index is 14.1. The summed E-state index contributed by atoms with van der Waals surface area (Å²) in [6, 6.07) is 14.6. The zero-order valence-electron chi connectivity index (χ0n) is 23.8. The van der Waals surface area contributed by atoms with Gasteiger partial charge in [-0.05, 0) is 74.7 Å².